The van der Waals surface area contributed by atoms with Gasteiger partial charge in [-0.15, -0.1) is 0 Å². The van der Waals surface area contributed by atoms with E-state index in [0.29, 0.717) is 24.6 Å². The first-order valence-electron chi connectivity index (χ1n) is 7.86. The summed E-state index contributed by atoms with van der Waals surface area (Å²) in [6.45, 7) is 2.76. The van der Waals surface area contributed by atoms with Crippen molar-refractivity contribution in [3.63, 3.8) is 0 Å². The van der Waals surface area contributed by atoms with Crippen molar-refractivity contribution >= 4 is 5.91 Å². The van der Waals surface area contributed by atoms with E-state index in [1.165, 1.54) is 0 Å². The van der Waals surface area contributed by atoms with Crippen LogP contribution in [0.15, 0.2) is 29.0 Å². The zero-order chi connectivity index (χ0) is 16.1. The number of amides is 1. The van der Waals surface area contributed by atoms with E-state index in [1.54, 1.807) is 12.4 Å². The van der Waals surface area contributed by atoms with Crippen LogP contribution in [0.5, 0.6) is 0 Å². The third kappa shape index (κ3) is 4.13. The molecule has 1 aliphatic heterocycles. The van der Waals surface area contributed by atoms with Gasteiger partial charge >= 0.3 is 0 Å². The monoisotopic (exact) mass is 316 g/mol. The third-order valence-corrected chi connectivity index (χ3v) is 3.86. The Labute approximate surface area is 134 Å². The number of aromatic nitrogens is 3. The predicted octanol–water partition coefficient (Wildman–Crippen LogP) is 1.75. The van der Waals surface area contributed by atoms with E-state index in [2.05, 4.69) is 20.4 Å². The highest BCUT2D eigenvalue weighted by Crippen LogP contribution is 2.16. The number of ether oxygens (including phenoxy) is 1. The molecule has 0 bridgehead atoms. The van der Waals surface area contributed by atoms with E-state index in [9.17, 15) is 4.79 Å². The van der Waals surface area contributed by atoms with E-state index in [-0.39, 0.29) is 18.1 Å². The molecule has 7 nitrogen and oxygen atoms in total. The highest BCUT2D eigenvalue weighted by molar-refractivity contribution is 5.76. The first kappa shape index (κ1) is 15.6. The molecule has 23 heavy (non-hydrogen) atoms. The van der Waals surface area contributed by atoms with Crippen molar-refractivity contribution in [1.82, 2.24) is 20.4 Å². The Hall–Kier alpha value is -2.28. The first-order chi connectivity index (χ1) is 11.2. The number of carbonyl (C=O) groups excluding carboxylic acids is 1. The molecule has 3 rings (SSSR count). The van der Waals surface area contributed by atoms with Crippen molar-refractivity contribution in [2.24, 2.45) is 0 Å². The molecule has 1 fully saturated rings. The van der Waals surface area contributed by atoms with Crippen LogP contribution < -0.4 is 5.32 Å². The minimum atomic E-state index is -0.0332. The van der Waals surface area contributed by atoms with Crippen molar-refractivity contribution in [2.75, 3.05) is 6.61 Å². The van der Waals surface area contributed by atoms with E-state index >= 15 is 0 Å². The summed E-state index contributed by atoms with van der Waals surface area (Å²) >= 11 is 0. The topological polar surface area (TPSA) is 90.1 Å². The fraction of sp³-hybridized carbons (Fsp3) is 0.500. The van der Waals surface area contributed by atoms with Crippen LogP contribution in [0.4, 0.5) is 0 Å². The molecule has 1 saturated heterocycles. The summed E-state index contributed by atoms with van der Waals surface area (Å²) in [5.41, 5.74) is 0.791. The number of pyridine rings is 1. The second-order valence-corrected chi connectivity index (χ2v) is 5.66. The molecule has 0 unspecified atom stereocenters. The number of rotatable bonds is 6. The molecule has 1 amide bonds. The van der Waals surface area contributed by atoms with Gasteiger partial charge in [0.05, 0.1) is 12.1 Å². The van der Waals surface area contributed by atoms with Gasteiger partial charge in [-0.2, -0.15) is 4.98 Å². The summed E-state index contributed by atoms with van der Waals surface area (Å²) in [6, 6.07) is 3.70. The SMILES string of the molecule is C[C@H](NC(=O)CCc1nc(-c2cccnc2)no1)[C@H]1CCCO1. The van der Waals surface area contributed by atoms with E-state index in [4.69, 9.17) is 9.26 Å². The number of hydrogen-bond donors (Lipinski definition) is 1. The lowest BCUT2D eigenvalue weighted by Gasteiger charge is -2.19. The predicted molar refractivity (Wildman–Crippen MR) is 82.4 cm³/mol. The molecule has 1 aliphatic rings. The maximum atomic E-state index is 12.0. The van der Waals surface area contributed by atoms with Crippen LogP contribution in [0.1, 0.15) is 32.1 Å². The van der Waals surface area contributed by atoms with Gasteiger partial charge < -0.3 is 14.6 Å². The molecular weight excluding hydrogens is 296 g/mol. The first-order valence-corrected chi connectivity index (χ1v) is 7.86. The normalized spacial score (nSPS) is 18.7. The molecule has 0 spiro atoms. The molecule has 1 N–H and O–H groups in total. The average Bonchev–Trinajstić information content (AvgIpc) is 3.25. The van der Waals surface area contributed by atoms with Crippen molar-refractivity contribution in [3.8, 4) is 11.4 Å². The number of nitrogens with zero attached hydrogens (tertiary/aromatic N) is 3. The molecule has 0 radical (unpaired) electrons. The second-order valence-electron chi connectivity index (χ2n) is 5.66. The lowest BCUT2D eigenvalue weighted by molar-refractivity contribution is -0.122. The Bertz CT molecular complexity index is 638. The fourth-order valence-corrected chi connectivity index (χ4v) is 2.61. The van der Waals surface area contributed by atoms with Crippen LogP contribution in [0, 0.1) is 0 Å². The summed E-state index contributed by atoms with van der Waals surface area (Å²) in [5, 5.41) is 6.88. The molecule has 0 aromatic carbocycles. The second kappa shape index (κ2) is 7.32. The molecule has 3 heterocycles. The maximum absolute atomic E-state index is 12.0. The van der Waals surface area contributed by atoms with Gasteiger partial charge in [0, 0.05) is 37.4 Å². The Morgan fingerprint density at radius 2 is 2.43 bits per heavy atom. The highest BCUT2D eigenvalue weighted by Gasteiger charge is 2.23. The van der Waals surface area contributed by atoms with Gasteiger partial charge in [0.15, 0.2) is 0 Å². The van der Waals surface area contributed by atoms with Crippen LogP contribution in [-0.4, -0.2) is 39.8 Å². The third-order valence-electron chi connectivity index (χ3n) is 3.86. The van der Waals surface area contributed by atoms with Gasteiger partial charge in [0.25, 0.3) is 0 Å². The van der Waals surface area contributed by atoms with Gasteiger partial charge in [0.1, 0.15) is 0 Å². The molecule has 2 aromatic rings. The summed E-state index contributed by atoms with van der Waals surface area (Å²) in [7, 11) is 0. The zero-order valence-electron chi connectivity index (χ0n) is 13.1. The quantitative estimate of drug-likeness (QED) is 0.873. The Morgan fingerprint density at radius 3 is 3.17 bits per heavy atom. The molecule has 7 heteroatoms. The van der Waals surface area contributed by atoms with Crippen molar-refractivity contribution < 1.29 is 14.1 Å². The molecule has 2 atom stereocenters. The molecule has 0 aliphatic carbocycles. The van der Waals surface area contributed by atoms with Crippen molar-refractivity contribution in [2.45, 2.75) is 44.8 Å². The van der Waals surface area contributed by atoms with E-state index in [0.717, 1.165) is 25.0 Å². The summed E-state index contributed by atoms with van der Waals surface area (Å²) in [6.07, 6.45) is 6.26. The zero-order valence-corrected chi connectivity index (χ0v) is 13.1. The average molecular weight is 316 g/mol. The van der Waals surface area contributed by atoms with Gasteiger partial charge in [-0.3, -0.25) is 9.78 Å². The Kier molecular flexibility index (Phi) is 4.97. The lowest BCUT2D eigenvalue weighted by Crippen LogP contribution is -2.40. The molecular formula is C16H20N4O3. The minimum absolute atomic E-state index is 0.0265. The number of nitrogens with one attached hydrogen (secondary N) is 1. The van der Waals surface area contributed by atoms with Crippen LogP contribution in [-0.2, 0) is 16.0 Å². The molecule has 0 saturated carbocycles. The van der Waals surface area contributed by atoms with Crippen molar-refractivity contribution in [3.05, 3.63) is 30.4 Å². The summed E-state index contributed by atoms with van der Waals surface area (Å²) in [4.78, 5) is 20.3. The lowest BCUT2D eigenvalue weighted by atomic mass is 10.1. The summed E-state index contributed by atoms with van der Waals surface area (Å²) in [5.74, 6) is 0.902. The van der Waals surface area contributed by atoms with Gasteiger partial charge in [-0.05, 0) is 31.9 Å². The van der Waals surface area contributed by atoms with Crippen LogP contribution in [0.3, 0.4) is 0 Å². The number of hydrogen-bond acceptors (Lipinski definition) is 6. The standard InChI is InChI=1S/C16H20N4O3/c1-11(13-5-3-9-22-13)18-14(21)6-7-15-19-16(20-23-15)12-4-2-8-17-10-12/h2,4,8,10-11,13H,3,5-7,9H2,1H3,(H,18,21)/t11-,13+/m0/s1. The summed E-state index contributed by atoms with van der Waals surface area (Å²) < 4.78 is 10.7. The van der Waals surface area contributed by atoms with E-state index < -0.39 is 0 Å². The van der Waals surface area contributed by atoms with E-state index in [1.807, 2.05) is 19.1 Å². The van der Waals surface area contributed by atoms with Gasteiger partial charge in [-0.1, -0.05) is 5.16 Å². The van der Waals surface area contributed by atoms with Gasteiger partial charge in [0.2, 0.25) is 17.6 Å². The number of carbonyl (C=O) groups is 1. The smallest absolute Gasteiger partial charge is 0.227 e. The van der Waals surface area contributed by atoms with Crippen LogP contribution in [0.25, 0.3) is 11.4 Å². The maximum Gasteiger partial charge on any atom is 0.227 e. The van der Waals surface area contributed by atoms with Crippen LogP contribution >= 0.6 is 0 Å². The molecule has 122 valence electrons. The Morgan fingerprint density at radius 1 is 1.52 bits per heavy atom. The largest absolute Gasteiger partial charge is 0.376 e. The van der Waals surface area contributed by atoms with Crippen LogP contribution in [0.2, 0.25) is 0 Å². The van der Waals surface area contributed by atoms with Crippen molar-refractivity contribution in [1.29, 1.82) is 0 Å². The molecule has 2 aromatic heterocycles. The fourth-order valence-electron chi connectivity index (χ4n) is 2.61. The minimum Gasteiger partial charge on any atom is -0.376 e. The highest BCUT2D eigenvalue weighted by atomic mass is 16.5. The van der Waals surface area contributed by atoms with Gasteiger partial charge in [-0.25, -0.2) is 0 Å². The number of aryl methyl sites for hydroxylation is 1. The Balaban J connectivity index is 1.48.